The van der Waals surface area contributed by atoms with Gasteiger partial charge in [0, 0.05) is 0 Å². The summed E-state index contributed by atoms with van der Waals surface area (Å²) < 4.78 is 0. The van der Waals surface area contributed by atoms with Gasteiger partial charge >= 0.3 is 5.97 Å². The molecule has 0 saturated heterocycles. The van der Waals surface area contributed by atoms with E-state index >= 15 is 0 Å². The van der Waals surface area contributed by atoms with Crippen LogP contribution in [0.5, 0.6) is 0 Å². The molecule has 7 N–H and O–H groups in total. The van der Waals surface area contributed by atoms with Crippen LogP contribution in [-0.4, -0.2) is 65.2 Å². The molecule has 10 nitrogen and oxygen atoms in total. The normalized spacial score (nSPS) is 14.4. The van der Waals surface area contributed by atoms with Gasteiger partial charge in [-0.2, -0.15) is 0 Å². The van der Waals surface area contributed by atoms with Crippen molar-refractivity contribution in [1.82, 2.24) is 16.0 Å². The van der Waals surface area contributed by atoms with E-state index in [4.69, 9.17) is 15.9 Å². The number of carboxylic acid groups (broad SMARTS) is 1. The lowest BCUT2D eigenvalue weighted by Gasteiger charge is -2.22. The van der Waals surface area contributed by atoms with Crippen molar-refractivity contribution in [1.29, 1.82) is 0 Å². The van der Waals surface area contributed by atoms with Crippen LogP contribution in [0.15, 0.2) is 0 Å². The maximum Gasteiger partial charge on any atom is 0.326 e. The molecule has 0 aliphatic carbocycles. The van der Waals surface area contributed by atoms with Gasteiger partial charge in [0.05, 0.1) is 13.2 Å². The summed E-state index contributed by atoms with van der Waals surface area (Å²) >= 11 is 0. The minimum atomic E-state index is -1.15. The number of carbonyl (C=O) groups is 4. The fraction of sp³-hybridized carbons (Fsp3) is 0.765. The predicted octanol–water partition coefficient (Wildman–Crippen LogP) is -1.43. The number of nitrogens with two attached hydrogens (primary N) is 1. The molecule has 0 radical (unpaired) electrons. The van der Waals surface area contributed by atoms with Crippen LogP contribution >= 0.6 is 0 Å². The van der Waals surface area contributed by atoms with Crippen LogP contribution in [0.3, 0.4) is 0 Å². The molecule has 0 saturated carbocycles. The number of hydrogen-bond donors (Lipinski definition) is 6. The quantitative estimate of drug-likeness (QED) is 0.238. The molecule has 156 valence electrons. The number of rotatable bonds is 12. The second kappa shape index (κ2) is 12.2. The van der Waals surface area contributed by atoms with Gasteiger partial charge in [0.25, 0.3) is 0 Å². The maximum atomic E-state index is 12.3. The van der Waals surface area contributed by atoms with Gasteiger partial charge in [-0.1, -0.05) is 27.7 Å². The molecule has 0 aromatic carbocycles. The van der Waals surface area contributed by atoms with Crippen molar-refractivity contribution in [3.8, 4) is 0 Å². The van der Waals surface area contributed by atoms with Crippen LogP contribution in [0.1, 0.15) is 40.5 Å². The maximum absolute atomic E-state index is 12.3. The molecule has 27 heavy (non-hydrogen) atoms. The van der Waals surface area contributed by atoms with Crippen molar-refractivity contribution >= 4 is 23.7 Å². The average Bonchev–Trinajstić information content (AvgIpc) is 2.56. The van der Waals surface area contributed by atoms with Gasteiger partial charge < -0.3 is 31.9 Å². The smallest absolute Gasteiger partial charge is 0.326 e. The molecule has 0 aromatic rings. The molecule has 10 heteroatoms. The molecule has 0 aliphatic heterocycles. The van der Waals surface area contributed by atoms with E-state index in [2.05, 4.69) is 16.0 Å². The molecule has 0 bridgehead atoms. The van der Waals surface area contributed by atoms with Gasteiger partial charge in [-0.05, 0) is 24.7 Å². The summed E-state index contributed by atoms with van der Waals surface area (Å²) in [6.45, 7) is 6.40. The Labute approximate surface area is 159 Å². The summed E-state index contributed by atoms with van der Waals surface area (Å²) in [5.74, 6) is -2.91. The summed E-state index contributed by atoms with van der Waals surface area (Å²) in [7, 11) is 0. The molecule has 0 rings (SSSR count). The lowest BCUT2D eigenvalue weighted by molar-refractivity contribution is -0.142. The Morgan fingerprint density at radius 3 is 1.85 bits per heavy atom. The van der Waals surface area contributed by atoms with Crippen LogP contribution < -0.4 is 21.7 Å². The minimum absolute atomic E-state index is 0.0716. The highest BCUT2D eigenvalue weighted by atomic mass is 16.4. The third kappa shape index (κ3) is 10.5. The van der Waals surface area contributed by atoms with Gasteiger partial charge in [-0.25, -0.2) is 4.79 Å². The first-order valence-corrected chi connectivity index (χ1v) is 8.94. The van der Waals surface area contributed by atoms with E-state index in [0.29, 0.717) is 6.42 Å². The minimum Gasteiger partial charge on any atom is -0.480 e. The van der Waals surface area contributed by atoms with Crippen molar-refractivity contribution in [3.63, 3.8) is 0 Å². The number of carbonyl (C=O) groups excluding carboxylic acids is 3. The highest BCUT2D eigenvalue weighted by molar-refractivity contribution is 5.92. The first-order chi connectivity index (χ1) is 12.5. The number of aliphatic hydroxyl groups is 1. The van der Waals surface area contributed by atoms with Gasteiger partial charge in [0.15, 0.2) is 0 Å². The fourth-order valence-electron chi connectivity index (χ4n) is 2.29. The summed E-state index contributed by atoms with van der Waals surface area (Å²) in [6.07, 6.45) is 0.572. The Morgan fingerprint density at radius 2 is 1.41 bits per heavy atom. The molecule has 3 unspecified atom stereocenters. The van der Waals surface area contributed by atoms with Crippen molar-refractivity contribution in [3.05, 3.63) is 0 Å². The van der Waals surface area contributed by atoms with Gasteiger partial charge in [0.1, 0.15) is 18.1 Å². The van der Waals surface area contributed by atoms with Gasteiger partial charge in [-0.15, -0.1) is 0 Å². The van der Waals surface area contributed by atoms with Crippen molar-refractivity contribution in [2.75, 3.05) is 13.2 Å². The average molecular weight is 388 g/mol. The van der Waals surface area contributed by atoms with E-state index in [1.54, 1.807) is 0 Å². The molecular weight excluding hydrogens is 356 g/mol. The van der Waals surface area contributed by atoms with Gasteiger partial charge in [0.2, 0.25) is 17.7 Å². The van der Waals surface area contributed by atoms with Crippen molar-refractivity contribution in [2.24, 2.45) is 17.6 Å². The van der Waals surface area contributed by atoms with Crippen LogP contribution in [-0.2, 0) is 19.2 Å². The van der Waals surface area contributed by atoms with E-state index < -0.39 is 55.0 Å². The number of nitrogens with one attached hydrogen (secondary N) is 3. The SMILES string of the molecule is CC(C)CC(NC(=O)CNC(=O)C(CC(C)C)NC(=O)C(N)CO)C(=O)O. The summed E-state index contributed by atoms with van der Waals surface area (Å²) in [5, 5.41) is 25.2. The van der Waals surface area contributed by atoms with Crippen LogP contribution in [0.25, 0.3) is 0 Å². The lowest BCUT2D eigenvalue weighted by Crippen LogP contribution is -2.54. The Balaban J connectivity index is 4.75. The molecular formula is C17H32N4O6. The van der Waals surface area contributed by atoms with Crippen LogP contribution in [0, 0.1) is 11.8 Å². The number of aliphatic hydroxyl groups excluding tert-OH is 1. The monoisotopic (exact) mass is 388 g/mol. The molecule has 0 heterocycles. The number of amides is 3. The topological polar surface area (TPSA) is 171 Å². The van der Waals surface area contributed by atoms with E-state index in [0.717, 1.165) is 0 Å². The highest BCUT2D eigenvalue weighted by Gasteiger charge is 2.25. The van der Waals surface area contributed by atoms with Crippen LogP contribution in [0.4, 0.5) is 0 Å². The summed E-state index contributed by atoms with van der Waals surface area (Å²) in [4.78, 5) is 47.2. The largest absolute Gasteiger partial charge is 0.480 e. The number of carboxylic acids is 1. The Hall–Kier alpha value is -2.20. The Kier molecular flexibility index (Phi) is 11.2. The molecule has 0 fully saturated rings. The lowest BCUT2D eigenvalue weighted by atomic mass is 10.0. The van der Waals surface area contributed by atoms with Crippen LogP contribution in [0.2, 0.25) is 0 Å². The third-order valence-corrected chi connectivity index (χ3v) is 3.64. The number of aliphatic carboxylic acids is 1. The molecule has 3 atom stereocenters. The molecule has 0 aromatic heterocycles. The second-order valence-corrected chi connectivity index (χ2v) is 7.29. The van der Waals surface area contributed by atoms with Crippen molar-refractivity contribution < 1.29 is 29.4 Å². The first-order valence-electron chi connectivity index (χ1n) is 8.94. The summed E-state index contributed by atoms with van der Waals surface area (Å²) in [6, 6.07) is -3.11. The first kappa shape index (κ1) is 24.8. The predicted molar refractivity (Wildman–Crippen MR) is 98.5 cm³/mol. The van der Waals surface area contributed by atoms with E-state index in [-0.39, 0.29) is 18.3 Å². The zero-order valence-corrected chi connectivity index (χ0v) is 16.3. The summed E-state index contributed by atoms with van der Waals surface area (Å²) in [5.41, 5.74) is 5.43. The Bertz CT molecular complexity index is 524. The zero-order chi connectivity index (χ0) is 21.1. The van der Waals surface area contributed by atoms with E-state index in [9.17, 15) is 19.2 Å². The molecule has 0 spiro atoms. The number of hydrogen-bond acceptors (Lipinski definition) is 6. The fourth-order valence-corrected chi connectivity index (χ4v) is 2.29. The standard InChI is InChI=1S/C17H32N4O6/c1-9(2)5-12(21-15(24)11(18)8-22)16(25)19-7-14(23)20-13(17(26)27)6-10(3)4/h9-13,22H,5-8,18H2,1-4H3,(H,19,25)(H,20,23)(H,21,24)(H,26,27). The van der Waals surface area contributed by atoms with E-state index in [1.165, 1.54) is 0 Å². The highest BCUT2D eigenvalue weighted by Crippen LogP contribution is 2.06. The zero-order valence-electron chi connectivity index (χ0n) is 16.3. The van der Waals surface area contributed by atoms with Crippen molar-refractivity contribution in [2.45, 2.75) is 58.7 Å². The third-order valence-electron chi connectivity index (χ3n) is 3.64. The molecule has 0 aliphatic rings. The second-order valence-electron chi connectivity index (χ2n) is 7.29. The molecule has 3 amide bonds. The van der Waals surface area contributed by atoms with E-state index in [1.807, 2.05) is 27.7 Å². The Morgan fingerprint density at radius 1 is 0.889 bits per heavy atom. The van der Waals surface area contributed by atoms with Gasteiger partial charge in [-0.3, -0.25) is 14.4 Å².